The van der Waals surface area contributed by atoms with Crippen LogP contribution in [0.4, 0.5) is 23.2 Å². The molecule has 2 fully saturated rings. The Morgan fingerprint density at radius 1 is 1.18 bits per heavy atom. The predicted octanol–water partition coefficient (Wildman–Crippen LogP) is 4.44. The van der Waals surface area contributed by atoms with E-state index >= 15 is 4.39 Å². The van der Waals surface area contributed by atoms with E-state index in [4.69, 9.17) is 4.74 Å². The van der Waals surface area contributed by atoms with E-state index in [1.807, 2.05) is 6.07 Å². The molecule has 1 aliphatic carbocycles. The third kappa shape index (κ3) is 3.38. The molecule has 174 valence electrons. The van der Waals surface area contributed by atoms with Gasteiger partial charge in [-0.05, 0) is 31.7 Å². The number of Topliss-reactive ketones (excluding diaryl/α,β-unsaturated/α-hetero) is 1. The van der Waals surface area contributed by atoms with Crippen LogP contribution >= 0.6 is 11.8 Å². The quantitative estimate of drug-likeness (QED) is 0.604. The van der Waals surface area contributed by atoms with Crippen molar-refractivity contribution in [2.75, 3.05) is 25.1 Å². The van der Waals surface area contributed by atoms with Crippen LogP contribution in [0.1, 0.15) is 42.1 Å². The molecule has 0 radical (unpaired) electrons. The number of piperidine rings is 1. The van der Waals surface area contributed by atoms with Crippen molar-refractivity contribution < 1.29 is 27.1 Å². The van der Waals surface area contributed by atoms with Gasteiger partial charge in [0.25, 0.3) is 0 Å². The van der Waals surface area contributed by atoms with Crippen molar-refractivity contribution in [2.24, 2.45) is 5.92 Å². The van der Waals surface area contributed by atoms with Crippen LogP contribution in [0.5, 0.6) is 5.75 Å². The Labute approximate surface area is 190 Å². The molecule has 11 heteroatoms. The highest BCUT2D eigenvalue weighted by Crippen LogP contribution is 2.49. The number of hydrogen-bond donors (Lipinski definition) is 0. The maximum absolute atomic E-state index is 15.4. The van der Waals surface area contributed by atoms with E-state index in [0.717, 1.165) is 30.7 Å². The third-order valence-corrected chi connectivity index (χ3v) is 7.73. The van der Waals surface area contributed by atoms with E-state index in [-0.39, 0.29) is 54.4 Å². The first-order valence-electron chi connectivity index (χ1n) is 10.6. The molecule has 3 heterocycles. The summed E-state index contributed by atoms with van der Waals surface area (Å²) >= 11 is 1.00. The summed E-state index contributed by atoms with van der Waals surface area (Å²) in [5.41, 5.74) is -0.430. The van der Waals surface area contributed by atoms with Gasteiger partial charge in [0.15, 0.2) is 22.6 Å². The minimum absolute atomic E-state index is 0.00862. The highest BCUT2D eigenvalue weighted by molar-refractivity contribution is 8.01. The average molecular weight is 481 g/mol. The Bertz CT molecular complexity index is 1270. The minimum Gasteiger partial charge on any atom is -0.492 e. The Balaban J connectivity index is 1.71. The molecule has 1 unspecified atom stereocenters. The number of carbonyl (C=O) groups excluding carboxylic acids is 1. The van der Waals surface area contributed by atoms with Gasteiger partial charge in [-0.3, -0.25) is 9.59 Å². The zero-order valence-corrected chi connectivity index (χ0v) is 18.4. The second-order valence-corrected chi connectivity index (χ2v) is 9.63. The second-order valence-electron chi connectivity index (χ2n) is 8.54. The largest absolute Gasteiger partial charge is 0.492 e. The fourth-order valence-corrected chi connectivity index (χ4v) is 5.95. The van der Waals surface area contributed by atoms with E-state index in [2.05, 4.69) is 0 Å². The van der Waals surface area contributed by atoms with Gasteiger partial charge in [-0.25, -0.2) is 4.39 Å². The number of fused-ring (bicyclic) bond motifs is 2. The van der Waals surface area contributed by atoms with Crippen LogP contribution in [-0.4, -0.2) is 42.0 Å². The van der Waals surface area contributed by atoms with Crippen molar-refractivity contribution in [3.63, 3.8) is 0 Å². The van der Waals surface area contributed by atoms with E-state index < -0.39 is 34.4 Å². The van der Waals surface area contributed by atoms with Gasteiger partial charge in [0.05, 0.1) is 40.6 Å². The molecule has 1 saturated carbocycles. The predicted molar refractivity (Wildman–Crippen MR) is 114 cm³/mol. The van der Waals surface area contributed by atoms with E-state index in [0.29, 0.717) is 10.5 Å². The first-order chi connectivity index (χ1) is 15.7. The Kier molecular flexibility index (Phi) is 5.12. The number of pyridine rings is 1. The van der Waals surface area contributed by atoms with Crippen molar-refractivity contribution in [3.05, 3.63) is 27.7 Å². The number of ketones is 1. The number of methoxy groups -OCH3 is 1. The first-order valence-corrected chi connectivity index (χ1v) is 11.5. The standard InChI is InChI=1S/C22H19F4N3O3S/c1-32-20-16-12(8-13(23)17(20)28-6-4-10(5-7-28)22(24,25)26)18(30)15-19(31)14(9-27)33-21(15)29(16)11-2-3-11/h8,10-11,14H,2-7H2,1H3. The zero-order valence-electron chi connectivity index (χ0n) is 17.5. The van der Waals surface area contributed by atoms with Crippen molar-refractivity contribution in [1.29, 1.82) is 5.26 Å². The number of rotatable bonds is 3. The van der Waals surface area contributed by atoms with Crippen LogP contribution in [0, 0.1) is 23.1 Å². The van der Waals surface area contributed by atoms with E-state index in [1.165, 1.54) is 12.0 Å². The van der Waals surface area contributed by atoms with Crippen LogP contribution in [0.25, 0.3) is 10.9 Å². The lowest BCUT2D eigenvalue weighted by Gasteiger charge is -2.35. The Morgan fingerprint density at radius 2 is 1.85 bits per heavy atom. The number of benzene rings is 1. The number of hydrogen-bond acceptors (Lipinski definition) is 6. The number of aromatic nitrogens is 1. The molecule has 1 aromatic heterocycles. The lowest BCUT2D eigenvalue weighted by atomic mass is 9.95. The van der Waals surface area contributed by atoms with Crippen LogP contribution in [0.2, 0.25) is 0 Å². The lowest BCUT2D eigenvalue weighted by Crippen LogP contribution is -2.39. The Hall–Kier alpha value is -2.74. The van der Waals surface area contributed by atoms with Crippen molar-refractivity contribution in [1.82, 2.24) is 4.57 Å². The minimum atomic E-state index is -4.30. The number of nitrogens with zero attached hydrogens (tertiary/aromatic N) is 3. The molecule has 0 bridgehead atoms. The smallest absolute Gasteiger partial charge is 0.391 e. The van der Waals surface area contributed by atoms with Crippen molar-refractivity contribution in [3.8, 4) is 11.8 Å². The summed E-state index contributed by atoms with van der Waals surface area (Å²) in [5, 5.41) is 8.64. The third-order valence-electron chi connectivity index (χ3n) is 6.55. The Morgan fingerprint density at radius 3 is 2.39 bits per heavy atom. The summed E-state index contributed by atoms with van der Waals surface area (Å²) < 4.78 is 62.1. The fraction of sp³-hybridized carbons (Fsp3) is 0.500. The van der Waals surface area contributed by atoms with Gasteiger partial charge in [-0.2, -0.15) is 18.4 Å². The number of anilines is 1. The van der Waals surface area contributed by atoms with Crippen LogP contribution in [-0.2, 0) is 0 Å². The fourth-order valence-electron chi connectivity index (χ4n) is 4.79. The number of nitriles is 1. The van der Waals surface area contributed by atoms with Gasteiger partial charge in [0.2, 0.25) is 5.43 Å². The normalized spacial score (nSPS) is 21.4. The molecule has 6 nitrogen and oxygen atoms in total. The average Bonchev–Trinajstić information content (AvgIpc) is 3.56. The summed E-state index contributed by atoms with van der Waals surface area (Å²) in [5.74, 6) is -2.76. The molecule has 1 saturated heterocycles. The number of thioether (sulfide) groups is 1. The van der Waals surface area contributed by atoms with E-state index in [1.54, 1.807) is 4.57 Å². The topological polar surface area (TPSA) is 75.3 Å². The molecule has 0 amide bonds. The zero-order chi connectivity index (χ0) is 23.7. The van der Waals surface area contributed by atoms with Crippen LogP contribution < -0.4 is 15.1 Å². The number of carbonyl (C=O) groups is 1. The monoisotopic (exact) mass is 481 g/mol. The second kappa shape index (κ2) is 7.65. The van der Waals surface area contributed by atoms with Gasteiger partial charge < -0.3 is 14.2 Å². The molecule has 33 heavy (non-hydrogen) atoms. The molecule has 2 aliphatic heterocycles. The number of ether oxygens (including phenoxy) is 1. The highest BCUT2D eigenvalue weighted by atomic mass is 32.2. The molecule has 5 rings (SSSR count). The summed E-state index contributed by atoms with van der Waals surface area (Å²) in [4.78, 5) is 27.4. The number of halogens is 4. The SMILES string of the molecule is COc1c(N2CCC(C(F)(F)F)CC2)c(F)cc2c(=O)c3c(n(C4CC4)c12)SC(C#N)C3=O. The maximum atomic E-state index is 15.4. The van der Waals surface area contributed by atoms with Crippen LogP contribution in [0.15, 0.2) is 15.9 Å². The summed E-state index contributed by atoms with van der Waals surface area (Å²) in [7, 11) is 1.32. The summed E-state index contributed by atoms with van der Waals surface area (Å²) in [6.45, 7) is -0.0172. The molecule has 1 atom stereocenters. The van der Waals surface area contributed by atoms with Crippen molar-refractivity contribution in [2.45, 2.75) is 48.2 Å². The van der Waals surface area contributed by atoms with E-state index in [9.17, 15) is 28.0 Å². The highest BCUT2D eigenvalue weighted by Gasteiger charge is 2.43. The maximum Gasteiger partial charge on any atom is 0.391 e. The summed E-state index contributed by atoms with van der Waals surface area (Å²) in [6, 6.07) is 2.91. The van der Waals surface area contributed by atoms with Gasteiger partial charge in [0, 0.05) is 19.1 Å². The van der Waals surface area contributed by atoms with Crippen LogP contribution in [0.3, 0.4) is 0 Å². The van der Waals surface area contributed by atoms with Gasteiger partial charge in [-0.1, -0.05) is 11.8 Å². The molecular weight excluding hydrogens is 462 g/mol. The molecule has 0 N–H and O–H groups in total. The molecule has 3 aliphatic rings. The molecule has 2 aromatic rings. The lowest BCUT2D eigenvalue weighted by molar-refractivity contribution is -0.179. The molecule has 1 aromatic carbocycles. The molecular formula is C22H19F4N3O3S. The first kappa shape index (κ1) is 22.1. The van der Waals surface area contributed by atoms with Crippen molar-refractivity contribution >= 4 is 34.1 Å². The van der Waals surface area contributed by atoms with Gasteiger partial charge >= 0.3 is 6.18 Å². The summed E-state index contributed by atoms with van der Waals surface area (Å²) in [6.07, 6.45) is -3.07. The van der Waals surface area contributed by atoms with Gasteiger partial charge in [-0.15, -0.1) is 0 Å². The van der Waals surface area contributed by atoms with Gasteiger partial charge in [0.1, 0.15) is 5.69 Å². The molecule has 0 spiro atoms. The number of alkyl halides is 3.